The van der Waals surface area contributed by atoms with Gasteiger partial charge in [-0.15, -0.1) is 11.3 Å². The van der Waals surface area contributed by atoms with Crippen molar-refractivity contribution in [3.05, 3.63) is 75.0 Å². The van der Waals surface area contributed by atoms with Gasteiger partial charge in [-0.05, 0) is 48.9 Å². The van der Waals surface area contributed by atoms with E-state index < -0.39 is 5.41 Å². The molecule has 1 amide bonds. The van der Waals surface area contributed by atoms with Crippen LogP contribution < -0.4 is 14.2 Å². The number of hydrogen-bond acceptors (Lipinski definition) is 7. The molecule has 4 rings (SSSR count). The minimum atomic E-state index is -0.412. The van der Waals surface area contributed by atoms with Crippen molar-refractivity contribution in [2.24, 2.45) is 5.41 Å². The van der Waals surface area contributed by atoms with Crippen molar-refractivity contribution in [3.8, 4) is 17.2 Å². The molecule has 1 saturated heterocycles. The van der Waals surface area contributed by atoms with Crippen LogP contribution >= 0.6 is 11.3 Å². The number of carbonyl (C=O) groups excluding carboxylic acids is 2. The first-order chi connectivity index (χ1) is 20.1. The molecule has 0 N–H and O–H groups in total. The number of methoxy groups -OCH3 is 3. The highest BCUT2D eigenvalue weighted by Gasteiger charge is 2.30. The number of nitrogens with zero attached hydrogens (tertiary/aromatic N) is 2. The number of piperazine rings is 1. The van der Waals surface area contributed by atoms with Crippen molar-refractivity contribution < 1.29 is 23.8 Å². The van der Waals surface area contributed by atoms with Crippen LogP contribution in [0.4, 0.5) is 0 Å². The topological polar surface area (TPSA) is 68.3 Å². The number of amides is 1. The van der Waals surface area contributed by atoms with E-state index in [1.54, 1.807) is 32.7 Å². The molecular weight excluding hydrogens is 548 g/mol. The van der Waals surface area contributed by atoms with E-state index in [4.69, 9.17) is 14.2 Å². The molecule has 1 aliphatic heterocycles. The summed E-state index contributed by atoms with van der Waals surface area (Å²) in [5, 5.41) is 0. The maximum absolute atomic E-state index is 13.2. The lowest BCUT2D eigenvalue weighted by molar-refractivity contribution is -0.135. The fraction of sp³-hybridized carbons (Fsp3) is 0.471. The van der Waals surface area contributed by atoms with E-state index in [9.17, 15) is 9.59 Å². The van der Waals surface area contributed by atoms with Gasteiger partial charge in [-0.1, -0.05) is 49.7 Å². The van der Waals surface area contributed by atoms with E-state index >= 15 is 0 Å². The van der Waals surface area contributed by atoms with Crippen molar-refractivity contribution in [2.75, 3.05) is 47.5 Å². The molecule has 226 valence electrons. The fourth-order valence-corrected chi connectivity index (χ4v) is 6.42. The summed E-state index contributed by atoms with van der Waals surface area (Å²) in [6, 6.07) is 16.5. The minimum absolute atomic E-state index is 0.112. The third-order valence-electron chi connectivity index (χ3n) is 7.89. The molecule has 0 atom stereocenters. The molecule has 8 heteroatoms. The van der Waals surface area contributed by atoms with Gasteiger partial charge in [0.2, 0.25) is 11.7 Å². The molecule has 2 aromatic carbocycles. The van der Waals surface area contributed by atoms with Crippen LogP contribution in [0, 0.1) is 12.3 Å². The van der Waals surface area contributed by atoms with Gasteiger partial charge >= 0.3 is 0 Å². The van der Waals surface area contributed by atoms with Gasteiger partial charge in [-0.3, -0.25) is 14.5 Å². The lowest BCUT2D eigenvalue weighted by Gasteiger charge is -2.36. The Hall–Kier alpha value is -3.36. The first-order valence-electron chi connectivity index (χ1n) is 14.6. The highest BCUT2D eigenvalue weighted by atomic mass is 32.1. The summed E-state index contributed by atoms with van der Waals surface area (Å²) in [5.74, 6) is 2.12. The van der Waals surface area contributed by atoms with E-state index in [1.165, 1.54) is 16.0 Å². The maximum atomic E-state index is 13.2. The monoisotopic (exact) mass is 592 g/mol. The second kappa shape index (κ2) is 14.2. The summed E-state index contributed by atoms with van der Waals surface area (Å²) in [4.78, 5) is 32.6. The lowest BCUT2D eigenvalue weighted by Crippen LogP contribution is -2.49. The van der Waals surface area contributed by atoms with E-state index in [1.807, 2.05) is 36.9 Å². The van der Waals surface area contributed by atoms with Crippen LogP contribution in [0.1, 0.15) is 57.9 Å². The number of aryl methyl sites for hydroxylation is 3. The molecule has 0 radical (unpaired) electrons. The number of ketones is 1. The Labute approximate surface area is 254 Å². The van der Waals surface area contributed by atoms with Crippen LogP contribution in [0.15, 0.2) is 48.5 Å². The van der Waals surface area contributed by atoms with Gasteiger partial charge in [0.1, 0.15) is 0 Å². The zero-order valence-electron chi connectivity index (χ0n) is 25.8. The number of carbonyl (C=O) groups is 2. The van der Waals surface area contributed by atoms with Gasteiger partial charge in [0.25, 0.3) is 0 Å². The van der Waals surface area contributed by atoms with Gasteiger partial charge in [-0.2, -0.15) is 0 Å². The molecule has 2 heterocycles. The number of benzene rings is 2. The van der Waals surface area contributed by atoms with E-state index in [-0.39, 0.29) is 11.7 Å². The van der Waals surface area contributed by atoms with Crippen LogP contribution in [0.5, 0.6) is 17.2 Å². The molecule has 0 unspecified atom stereocenters. The number of Topliss-reactive ketones (excluding diaryl/α,β-unsaturated/α-hetero) is 1. The molecule has 7 nitrogen and oxygen atoms in total. The number of hydrogen-bond donors (Lipinski definition) is 0. The Bertz CT molecular complexity index is 1360. The Morgan fingerprint density at radius 2 is 1.50 bits per heavy atom. The predicted molar refractivity (Wildman–Crippen MR) is 168 cm³/mol. The normalized spacial score (nSPS) is 14.1. The maximum Gasteiger partial charge on any atom is 0.223 e. The lowest BCUT2D eigenvalue weighted by atomic mass is 9.83. The molecule has 0 saturated carbocycles. The Morgan fingerprint density at radius 1 is 0.810 bits per heavy atom. The predicted octanol–water partition coefficient (Wildman–Crippen LogP) is 6.20. The summed E-state index contributed by atoms with van der Waals surface area (Å²) in [6.45, 7) is 9.69. The van der Waals surface area contributed by atoms with Crippen molar-refractivity contribution >= 4 is 23.0 Å². The van der Waals surface area contributed by atoms with Gasteiger partial charge in [0.05, 0.1) is 26.2 Å². The van der Waals surface area contributed by atoms with E-state index in [2.05, 4.69) is 42.2 Å². The Kier molecular flexibility index (Phi) is 10.7. The first-order valence-corrected chi connectivity index (χ1v) is 15.4. The summed E-state index contributed by atoms with van der Waals surface area (Å²) in [5.41, 5.74) is 3.17. The van der Waals surface area contributed by atoms with Gasteiger partial charge in [0, 0.05) is 56.0 Å². The second-order valence-corrected chi connectivity index (χ2v) is 13.0. The standard InChI is InChI=1S/C34H44N2O5S/c1-24-7-9-25(10-8-24)11-13-27-14-16-30(42-27)28(37)21-34(2,3)22-31(38)36-19-17-35(18-20-36)23-26-12-15-29(39-4)33(41-6)32(26)40-5/h7-10,12,14-16H,11,13,17-23H2,1-6H3. The summed E-state index contributed by atoms with van der Waals surface area (Å²) in [7, 11) is 4.85. The number of rotatable bonds is 13. The van der Waals surface area contributed by atoms with Crippen LogP contribution in [-0.2, 0) is 24.2 Å². The molecular formula is C34H44N2O5S. The molecule has 42 heavy (non-hydrogen) atoms. The van der Waals surface area contributed by atoms with Crippen molar-refractivity contribution in [1.29, 1.82) is 0 Å². The average Bonchev–Trinajstić information content (AvgIpc) is 3.46. The summed E-state index contributed by atoms with van der Waals surface area (Å²) < 4.78 is 16.6. The van der Waals surface area contributed by atoms with Crippen molar-refractivity contribution in [1.82, 2.24) is 9.80 Å². The van der Waals surface area contributed by atoms with Gasteiger partial charge in [-0.25, -0.2) is 0 Å². The Morgan fingerprint density at radius 3 is 2.14 bits per heavy atom. The fourth-order valence-electron chi connectivity index (χ4n) is 5.47. The average molecular weight is 593 g/mol. The molecule has 0 bridgehead atoms. The molecule has 1 fully saturated rings. The molecule has 0 aliphatic carbocycles. The quantitative estimate of drug-likeness (QED) is 0.220. The van der Waals surface area contributed by atoms with Crippen molar-refractivity contribution in [2.45, 2.75) is 53.0 Å². The first kappa shape index (κ1) is 31.6. The van der Waals surface area contributed by atoms with Gasteiger partial charge < -0.3 is 19.1 Å². The van der Waals surface area contributed by atoms with Crippen LogP contribution in [0.3, 0.4) is 0 Å². The Balaban J connectivity index is 1.25. The van der Waals surface area contributed by atoms with E-state index in [0.29, 0.717) is 49.7 Å². The third kappa shape index (κ3) is 8.13. The highest BCUT2D eigenvalue weighted by Crippen LogP contribution is 2.40. The zero-order valence-corrected chi connectivity index (χ0v) is 26.6. The van der Waals surface area contributed by atoms with Gasteiger partial charge in [0.15, 0.2) is 17.3 Å². The zero-order chi connectivity index (χ0) is 30.3. The highest BCUT2D eigenvalue weighted by molar-refractivity contribution is 7.14. The van der Waals surface area contributed by atoms with Crippen molar-refractivity contribution in [3.63, 3.8) is 0 Å². The van der Waals surface area contributed by atoms with Crippen LogP contribution in [0.2, 0.25) is 0 Å². The number of thiophene rings is 1. The molecule has 0 spiro atoms. The number of ether oxygens (including phenoxy) is 3. The third-order valence-corrected chi connectivity index (χ3v) is 9.08. The minimum Gasteiger partial charge on any atom is -0.493 e. The second-order valence-electron chi connectivity index (χ2n) is 11.8. The molecule has 3 aromatic rings. The SMILES string of the molecule is COc1ccc(CN2CCN(C(=O)CC(C)(C)CC(=O)c3ccc(CCc4ccc(C)cc4)s3)CC2)c(OC)c1OC. The molecule has 1 aromatic heterocycles. The largest absolute Gasteiger partial charge is 0.493 e. The smallest absolute Gasteiger partial charge is 0.223 e. The summed E-state index contributed by atoms with van der Waals surface area (Å²) in [6.07, 6.45) is 2.60. The van der Waals surface area contributed by atoms with Crippen LogP contribution in [-0.4, -0.2) is 69.0 Å². The molecule has 1 aliphatic rings. The van der Waals surface area contributed by atoms with Crippen LogP contribution in [0.25, 0.3) is 0 Å². The summed E-state index contributed by atoms with van der Waals surface area (Å²) >= 11 is 1.58. The van der Waals surface area contributed by atoms with E-state index in [0.717, 1.165) is 36.4 Å².